The zero-order valence-electron chi connectivity index (χ0n) is 13.0. The molecule has 7 heteroatoms. The molecule has 1 N–H and O–H groups in total. The van der Waals surface area contributed by atoms with Gasteiger partial charge in [-0.3, -0.25) is 0 Å². The van der Waals surface area contributed by atoms with Gasteiger partial charge in [0.05, 0.1) is 4.90 Å². The SMILES string of the molecule is O=S(=O)(/N=C(/Nc1ccccn1)c1ccc(F)cc1)c1ccccc1. The number of nitrogens with one attached hydrogen (secondary N) is 1. The number of aromatic nitrogens is 1. The van der Waals surface area contributed by atoms with E-state index in [-0.39, 0.29) is 10.7 Å². The van der Waals surface area contributed by atoms with Gasteiger partial charge in [-0.05, 0) is 48.5 Å². The van der Waals surface area contributed by atoms with E-state index >= 15 is 0 Å². The van der Waals surface area contributed by atoms with Crippen LogP contribution in [0.1, 0.15) is 5.56 Å². The van der Waals surface area contributed by atoms with Crippen molar-refractivity contribution in [3.8, 4) is 0 Å². The van der Waals surface area contributed by atoms with Gasteiger partial charge in [-0.1, -0.05) is 24.3 Å². The predicted molar refractivity (Wildman–Crippen MR) is 94.4 cm³/mol. The lowest BCUT2D eigenvalue weighted by Crippen LogP contribution is -2.17. The molecule has 0 aliphatic heterocycles. The van der Waals surface area contributed by atoms with Gasteiger partial charge in [-0.2, -0.15) is 8.42 Å². The summed E-state index contributed by atoms with van der Waals surface area (Å²) in [6.45, 7) is 0. The van der Waals surface area contributed by atoms with Crippen LogP contribution in [0.25, 0.3) is 0 Å². The van der Waals surface area contributed by atoms with Gasteiger partial charge in [0.1, 0.15) is 11.6 Å². The number of nitrogens with zero attached hydrogens (tertiary/aromatic N) is 2. The smallest absolute Gasteiger partial charge is 0.284 e. The third-order valence-corrected chi connectivity index (χ3v) is 4.57. The zero-order valence-corrected chi connectivity index (χ0v) is 13.8. The molecule has 0 radical (unpaired) electrons. The second-order valence-electron chi connectivity index (χ2n) is 5.07. The largest absolute Gasteiger partial charge is 0.324 e. The Morgan fingerprint density at radius 3 is 2.24 bits per heavy atom. The van der Waals surface area contributed by atoms with Crippen LogP contribution in [0.15, 0.2) is 88.3 Å². The highest BCUT2D eigenvalue weighted by Gasteiger charge is 2.15. The van der Waals surface area contributed by atoms with Crippen molar-refractivity contribution in [3.05, 3.63) is 90.4 Å². The van der Waals surface area contributed by atoms with E-state index in [0.29, 0.717) is 11.4 Å². The van der Waals surface area contributed by atoms with Crippen LogP contribution in [0.5, 0.6) is 0 Å². The van der Waals surface area contributed by atoms with Crippen molar-refractivity contribution < 1.29 is 12.8 Å². The minimum Gasteiger partial charge on any atom is -0.324 e. The maximum Gasteiger partial charge on any atom is 0.284 e. The van der Waals surface area contributed by atoms with Crippen molar-refractivity contribution in [3.63, 3.8) is 0 Å². The molecule has 3 aromatic rings. The van der Waals surface area contributed by atoms with Crippen molar-refractivity contribution >= 4 is 21.7 Å². The summed E-state index contributed by atoms with van der Waals surface area (Å²) in [6, 6.07) is 18.4. The minimum atomic E-state index is -3.93. The molecule has 0 saturated carbocycles. The van der Waals surface area contributed by atoms with Crippen molar-refractivity contribution in [2.24, 2.45) is 4.40 Å². The Kier molecular flexibility index (Phi) is 4.85. The average Bonchev–Trinajstić information content (AvgIpc) is 2.63. The second kappa shape index (κ2) is 7.23. The van der Waals surface area contributed by atoms with E-state index in [1.165, 1.54) is 36.4 Å². The molecule has 0 bridgehead atoms. The Morgan fingerprint density at radius 1 is 0.920 bits per heavy atom. The molecule has 0 aliphatic carbocycles. The van der Waals surface area contributed by atoms with Crippen LogP contribution in [-0.2, 0) is 10.0 Å². The number of hydrogen-bond acceptors (Lipinski definition) is 3. The predicted octanol–water partition coefficient (Wildman–Crippen LogP) is 3.47. The lowest BCUT2D eigenvalue weighted by Gasteiger charge is -2.10. The molecule has 2 aromatic carbocycles. The van der Waals surface area contributed by atoms with Gasteiger partial charge in [0.15, 0.2) is 5.84 Å². The molecule has 0 unspecified atom stereocenters. The molecule has 0 spiro atoms. The lowest BCUT2D eigenvalue weighted by atomic mass is 10.2. The number of halogens is 1. The van der Waals surface area contributed by atoms with Crippen LogP contribution >= 0.6 is 0 Å². The van der Waals surface area contributed by atoms with E-state index in [1.807, 2.05) is 0 Å². The molecule has 126 valence electrons. The Bertz CT molecular complexity index is 974. The van der Waals surface area contributed by atoms with Crippen molar-refractivity contribution in [2.75, 3.05) is 5.32 Å². The number of pyridine rings is 1. The summed E-state index contributed by atoms with van der Waals surface area (Å²) >= 11 is 0. The van der Waals surface area contributed by atoms with E-state index in [9.17, 15) is 12.8 Å². The van der Waals surface area contributed by atoms with E-state index < -0.39 is 15.8 Å². The monoisotopic (exact) mass is 355 g/mol. The van der Waals surface area contributed by atoms with Gasteiger partial charge in [0.2, 0.25) is 0 Å². The summed E-state index contributed by atoms with van der Waals surface area (Å²) in [5, 5.41) is 2.88. The van der Waals surface area contributed by atoms with E-state index in [2.05, 4.69) is 14.7 Å². The number of hydrogen-bond donors (Lipinski definition) is 1. The van der Waals surface area contributed by atoms with E-state index in [0.717, 1.165) is 0 Å². The summed E-state index contributed by atoms with van der Waals surface area (Å²) in [7, 11) is -3.93. The molecule has 0 saturated heterocycles. The van der Waals surface area contributed by atoms with Gasteiger partial charge >= 0.3 is 0 Å². The van der Waals surface area contributed by atoms with Gasteiger partial charge in [-0.15, -0.1) is 4.40 Å². The van der Waals surface area contributed by atoms with Crippen LogP contribution < -0.4 is 5.32 Å². The fourth-order valence-corrected chi connectivity index (χ4v) is 3.08. The highest BCUT2D eigenvalue weighted by Crippen LogP contribution is 2.15. The van der Waals surface area contributed by atoms with Gasteiger partial charge in [-0.25, -0.2) is 9.37 Å². The molecule has 5 nitrogen and oxygen atoms in total. The number of rotatable bonds is 4. The van der Waals surface area contributed by atoms with Crippen LogP contribution in [0.4, 0.5) is 10.2 Å². The summed E-state index contributed by atoms with van der Waals surface area (Å²) in [5.74, 6) is 0.0586. The number of amidine groups is 1. The quantitative estimate of drug-likeness (QED) is 0.575. The van der Waals surface area contributed by atoms with E-state index in [4.69, 9.17) is 0 Å². The van der Waals surface area contributed by atoms with E-state index in [1.54, 1.807) is 42.6 Å². The van der Waals surface area contributed by atoms with Crippen LogP contribution in [0, 0.1) is 5.82 Å². The first-order chi connectivity index (χ1) is 12.0. The Balaban J connectivity index is 2.05. The zero-order chi connectivity index (χ0) is 17.7. The molecule has 0 aliphatic rings. The van der Waals surface area contributed by atoms with Gasteiger partial charge < -0.3 is 5.32 Å². The number of sulfonamides is 1. The molecule has 3 rings (SSSR count). The maximum absolute atomic E-state index is 13.2. The highest BCUT2D eigenvalue weighted by atomic mass is 32.2. The van der Waals surface area contributed by atoms with Gasteiger partial charge in [0.25, 0.3) is 10.0 Å². The third-order valence-electron chi connectivity index (χ3n) is 3.28. The summed E-state index contributed by atoms with van der Waals surface area (Å²) in [4.78, 5) is 4.17. The van der Waals surface area contributed by atoms with Crippen LogP contribution in [0.3, 0.4) is 0 Å². The third kappa shape index (κ3) is 4.27. The first-order valence-corrected chi connectivity index (χ1v) is 8.83. The summed E-state index contributed by atoms with van der Waals surface area (Å²) in [5.41, 5.74) is 0.423. The van der Waals surface area contributed by atoms with Crippen molar-refractivity contribution in [1.82, 2.24) is 4.98 Å². The van der Waals surface area contributed by atoms with Gasteiger partial charge in [0, 0.05) is 11.8 Å². The standard InChI is InChI=1S/C18H14FN3O2S/c19-15-11-9-14(10-12-15)18(21-17-8-4-5-13-20-17)22-25(23,24)16-6-2-1-3-7-16/h1-13H,(H,20,21,22). The Labute approximate surface area is 145 Å². The normalized spacial score (nSPS) is 12.0. The lowest BCUT2D eigenvalue weighted by molar-refractivity contribution is 0.598. The molecular formula is C18H14FN3O2S. The molecule has 25 heavy (non-hydrogen) atoms. The molecule has 1 aromatic heterocycles. The number of anilines is 1. The Hall–Kier alpha value is -3.06. The molecule has 0 fully saturated rings. The Morgan fingerprint density at radius 2 is 1.60 bits per heavy atom. The molecule has 1 heterocycles. The topological polar surface area (TPSA) is 71.4 Å². The van der Waals surface area contributed by atoms with Crippen LogP contribution in [-0.4, -0.2) is 19.2 Å². The molecule has 0 atom stereocenters. The molecule has 0 amide bonds. The first-order valence-electron chi connectivity index (χ1n) is 7.39. The summed E-state index contributed by atoms with van der Waals surface area (Å²) in [6.07, 6.45) is 1.57. The fourth-order valence-electron chi connectivity index (χ4n) is 2.08. The first kappa shape index (κ1) is 16.8. The summed E-state index contributed by atoms with van der Waals surface area (Å²) < 4.78 is 42.2. The van der Waals surface area contributed by atoms with Crippen LogP contribution in [0.2, 0.25) is 0 Å². The molecular weight excluding hydrogens is 341 g/mol. The van der Waals surface area contributed by atoms with Crippen molar-refractivity contribution in [1.29, 1.82) is 0 Å². The fraction of sp³-hybridized carbons (Fsp3) is 0. The number of benzene rings is 2. The second-order valence-corrected chi connectivity index (χ2v) is 6.68. The minimum absolute atomic E-state index is 0.0579. The average molecular weight is 355 g/mol. The maximum atomic E-state index is 13.2. The highest BCUT2D eigenvalue weighted by molar-refractivity contribution is 7.90. The van der Waals surface area contributed by atoms with Crippen molar-refractivity contribution in [2.45, 2.75) is 4.90 Å².